The average molecular weight is 329 g/mol. The Labute approximate surface area is 139 Å². The monoisotopic (exact) mass is 329 g/mol. The highest BCUT2D eigenvalue weighted by Crippen LogP contribution is 2.16. The van der Waals surface area contributed by atoms with Gasteiger partial charge in [-0.3, -0.25) is 9.59 Å². The molecule has 0 unspecified atom stereocenters. The number of rotatable bonds is 5. The number of aromatic nitrogens is 2. The first kappa shape index (κ1) is 17.4. The summed E-state index contributed by atoms with van der Waals surface area (Å²) in [5, 5.41) is 3.79. The van der Waals surface area contributed by atoms with Crippen molar-refractivity contribution in [2.24, 2.45) is 7.05 Å². The van der Waals surface area contributed by atoms with E-state index >= 15 is 0 Å². The van der Waals surface area contributed by atoms with Gasteiger partial charge in [0.1, 0.15) is 0 Å². The van der Waals surface area contributed by atoms with Gasteiger partial charge in [0.25, 0.3) is 11.5 Å². The summed E-state index contributed by atoms with van der Waals surface area (Å²) in [4.78, 5) is 37.2. The highest BCUT2D eigenvalue weighted by atomic mass is 16.5. The lowest BCUT2D eigenvalue weighted by atomic mass is 10.2. The Hall–Kier alpha value is -2.96. The van der Waals surface area contributed by atoms with Crippen LogP contribution in [0.5, 0.6) is 0 Å². The molecule has 7 heteroatoms. The number of ether oxygens (including phenoxy) is 1. The van der Waals surface area contributed by atoms with Gasteiger partial charge in [-0.2, -0.15) is 5.10 Å². The minimum atomic E-state index is -0.754. The molecule has 0 spiro atoms. The van der Waals surface area contributed by atoms with E-state index in [0.717, 1.165) is 10.4 Å². The Balaban J connectivity index is 2.06. The fourth-order valence-electron chi connectivity index (χ4n) is 2.20. The van der Waals surface area contributed by atoms with E-state index < -0.39 is 12.6 Å². The summed E-state index contributed by atoms with van der Waals surface area (Å²) in [5.74, 6) is -1.09. The molecule has 0 radical (unpaired) electrons. The van der Waals surface area contributed by atoms with E-state index in [9.17, 15) is 14.4 Å². The van der Waals surface area contributed by atoms with Gasteiger partial charge in [-0.25, -0.2) is 9.48 Å². The number of amides is 1. The Kier molecular flexibility index (Phi) is 5.47. The molecule has 2 rings (SSSR count). The number of hydrogen-bond acceptors (Lipinski definition) is 5. The maximum Gasteiger partial charge on any atom is 0.359 e. The number of benzene rings is 1. The van der Waals surface area contributed by atoms with Crippen LogP contribution in [0.15, 0.2) is 47.3 Å². The quantitative estimate of drug-likeness (QED) is 0.774. The molecule has 0 atom stereocenters. The Bertz CT molecular complexity index is 784. The molecular weight excluding hydrogens is 310 g/mol. The number of hydrogen-bond donors (Lipinski definition) is 0. The van der Waals surface area contributed by atoms with Crippen LogP contribution in [-0.2, 0) is 16.6 Å². The van der Waals surface area contributed by atoms with Crippen LogP contribution in [0.1, 0.15) is 24.3 Å². The lowest BCUT2D eigenvalue weighted by molar-refractivity contribution is -0.122. The molecule has 1 heterocycles. The van der Waals surface area contributed by atoms with Crippen molar-refractivity contribution < 1.29 is 14.3 Å². The van der Waals surface area contributed by atoms with Crippen LogP contribution in [0.25, 0.3) is 0 Å². The zero-order chi connectivity index (χ0) is 17.7. The maximum atomic E-state index is 12.4. The average Bonchev–Trinajstić information content (AvgIpc) is 2.56. The van der Waals surface area contributed by atoms with Gasteiger partial charge in [-0.1, -0.05) is 18.2 Å². The predicted molar refractivity (Wildman–Crippen MR) is 88.8 cm³/mol. The minimum absolute atomic E-state index is 0.0271. The first-order chi connectivity index (χ1) is 11.4. The van der Waals surface area contributed by atoms with Crippen molar-refractivity contribution in [3.63, 3.8) is 0 Å². The number of para-hydroxylation sites is 1. The van der Waals surface area contributed by atoms with Crippen LogP contribution < -0.4 is 10.5 Å². The molecule has 2 aromatic rings. The standard InChI is InChI=1S/C17H19N3O4/c1-12(2)20(13-7-5-4-6-8-13)16(22)11-24-17(23)14-9-10-15(21)19(3)18-14/h4-10,12H,11H2,1-3H3. The van der Waals surface area contributed by atoms with E-state index in [0.29, 0.717) is 0 Å². The molecule has 0 saturated carbocycles. The lowest BCUT2D eigenvalue weighted by Gasteiger charge is -2.26. The van der Waals surface area contributed by atoms with Gasteiger partial charge in [0, 0.05) is 24.8 Å². The minimum Gasteiger partial charge on any atom is -0.451 e. The zero-order valence-corrected chi connectivity index (χ0v) is 13.8. The summed E-state index contributed by atoms with van der Waals surface area (Å²) < 4.78 is 6.06. The van der Waals surface area contributed by atoms with Crippen LogP contribution in [0.3, 0.4) is 0 Å². The molecule has 1 amide bonds. The highest BCUT2D eigenvalue weighted by molar-refractivity contribution is 5.97. The van der Waals surface area contributed by atoms with Crippen LogP contribution in [0, 0.1) is 0 Å². The first-order valence-electron chi connectivity index (χ1n) is 7.48. The molecule has 7 nitrogen and oxygen atoms in total. The third-order valence-corrected chi connectivity index (χ3v) is 3.32. The number of nitrogens with zero attached hydrogens (tertiary/aromatic N) is 3. The summed E-state index contributed by atoms with van der Waals surface area (Å²) in [6, 6.07) is 11.5. The van der Waals surface area contributed by atoms with Gasteiger partial charge >= 0.3 is 5.97 Å². The van der Waals surface area contributed by atoms with E-state index in [4.69, 9.17) is 4.74 Å². The summed E-state index contributed by atoms with van der Waals surface area (Å²) in [6.07, 6.45) is 0. The third kappa shape index (κ3) is 4.07. The lowest BCUT2D eigenvalue weighted by Crippen LogP contribution is -2.40. The molecular formula is C17H19N3O4. The second-order valence-electron chi connectivity index (χ2n) is 5.45. The summed E-state index contributed by atoms with van der Waals surface area (Å²) in [6.45, 7) is 3.35. The fraction of sp³-hybridized carbons (Fsp3) is 0.294. The number of anilines is 1. The summed E-state index contributed by atoms with van der Waals surface area (Å²) in [5.41, 5.74) is 0.368. The molecule has 0 aliphatic rings. The van der Waals surface area contributed by atoms with E-state index in [2.05, 4.69) is 5.10 Å². The smallest absolute Gasteiger partial charge is 0.359 e. The van der Waals surface area contributed by atoms with Crippen molar-refractivity contribution >= 4 is 17.6 Å². The Morgan fingerprint density at radius 3 is 2.42 bits per heavy atom. The molecule has 126 valence electrons. The van der Waals surface area contributed by atoms with Gasteiger partial charge in [0.05, 0.1) is 0 Å². The molecule has 0 saturated heterocycles. The zero-order valence-electron chi connectivity index (χ0n) is 13.8. The van der Waals surface area contributed by atoms with Crippen LogP contribution >= 0.6 is 0 Å². The van der Waals surface area contributed by atoms with Crippen LogP contribution in [0.2, 0.25) is 0 Å². The van der Waals surface area contributed by atoms with Crippen molar-refractivity contribution in [1.82, 2.24) is 9.78 Å². The normalized spacial score (nSPS) is 10.5. The third-order valence-electron chi connectivity index (χ3n) is 3.32. The predicted octanol–water partition coefficient (Wildman–Crippen LogP) is 1.38. The molecule has 1 aromatic carbocycles. The molecule has 0 aliphatic heterocycles. The van der Waals surface area contributed by atoms with Gasteiger partial charge in [-0.15, -0.1) is 0 Å². The largest absolute Gasteiger partial charge is 0.451 e. The van der Waals surface area contributed by atoms with E-state index in [1.54, 1.807) is 4.90 Å². The van der Waals surface area contributed by atoms with Crippen molar-refractivity contribution in [2.75, 3.05) is 11.5 Å². The van der Waals surface area contributed by atoms with E-state index in [1.165, 1.54) is 19.2 Å². The van der Waals surface area contributed by atoms with Gasteiger partial charge < -0.3 is 9.64 Å². The molecule has 0 bridgehead atoms. The van der Waals surface area contributed by atoms with Crippen molar-refractivity contribution in [3.05, 3.63) is 58.5 Å². The number of esters is 1. The van der Waals surface area contributed by atoms with Crippen molar-refractivity contribution in [1.29, 1.82) is 0 Å². The molecule has 0 N–H and O–H groups in total. The van der Waals surface area contributed by atoms with E-state index in [-0.39, 0.29) is 23.2 Å². The second-order valence-corrected chi connectivity index (χ2v) is 5.45. The van der Waals surface area contributed by atoms with Gasteiger partial charge in [0.15, 0.2) is 12.3 Å². The van der Waals surface area contributed by atoms with Gasteiger partial charge in [0.2, 0.25) is 0 Å². The molecule has 0 aliphatic carbocycles. The van der Waals surface area contributed by atoms with Crippen molar-refractivity contribution in [2.45, 2.75) is 19.9 Å². The summed E-state index contributed by atoms with van der Waals surface area (Å²) in [7, 11) is 1.43. The van der Waals surface area contributed by atoms with E-state index in [1.807, 2.05) is 44.2 Å². The maximum absolute atomic E-state index is 12.4. The number of carbonyl (C=O) groups is 2. The molecule has 1 aromatic heterocycles. The Morgan fingerprint density at radius 2 is 1.83 bits per heavy atom. The first-order valence-corrected chi connectivity index (χ1v) is 7.48. The summed E-state index contributed by atoms with van der Waals surface area (Å²) >= 11 is 0. The Morgan fingerprint density at radius 1 is 1.17 bits per heavy atom. The van der Waals surface area contributed by atoms with Crippen LogP contribution in [0.4, 0.5) is 5.69 Å². The van der Waals surface area contributed by atoms with Gasteiger partial charge in [-0.05, 0) is 32.0 Å². The SMILES string of the molecule is CC(C)N(C(=O)COC(=O)c1ccc(=O)n(C)n1)c1ccccc1. The molecule has 24 heavy (non-hydrogen) atoms. The second kappa shape index (κ2) is 7.54. The van der Waals surface area contributed by atoms with Crippen molar-refractivity contribution in [3.8, 4) is 0 Å². The highest BCUT2D eigenvalue weighted by Gasteiger charge is 2.21. The number of carbonyl (C=O) groups excluding carboxylic acids is 2. The molecule has 0 fully saturated rings. The topological polar surface area (TPSA) is 81.5 Å². The van der Waals surface area contributed by atoms with Crippen LogP contribution in [-0.4, -0.2) is 34.3 Å². The fourth-order valence-corrected chi connectivity index (χ4v) is 2.20. The number of aryl methyl sites for hydroxylation is 1.